The maximum Gasteiger partial charge on any atom is 0.0620 e. The molecule has 0 aromatic rings. The molecule has 1 N–H and O–H groups in total. The van der Waals surface area contributed by atoms with Crippen LogP contribution in [-0.4, -0.2) is 49.3 Å². The second kappa shape index (κ2) is 5.28. The highest BCUT2D eigenvalue weighted by molar-refractivity contribution is 4.83. The van der Waals surface area contributed by atoms with Crippen LogP contribution in [0.4, 0.5) is 0 Å². The minimum absolute atomic E-state index is 0.626. The van der Waals surface area contributed by atoms with Gasteiger partial charge in [-0.2, -0.15) is 0 Å². The maximum atomic E-state index is 5.39. The number of nitrogens with one attached hydrogen (secondary N) is 1. The summed E-state index contributed by atoms with van der Waals surface area (Å²) in [5.74, 6) is 0. The van der Waals surface area contributed by atoms with Gasteiger partial charge in [0.05, 0.1) is 6.61 Å². The summed E-state index contributed by atoms with van der Waals surface area (Å²) in [4.78, 5) is 2.57. The van der Waals surface area contributed by atoms with E-state index in [1.54, 1.807) is 0 Å². The Hall–Kier alpha value is -0.120. The van der Waals surface area contributed by atoms with Gasteiger partial charge in [0.25, 0.3) is 0 Å². The zero-order valence-corrected chi connectivity index (χ0v) is 10.0. The van der Waals surface area contributed by atoms with Crippen molar-refractivity contribution in [3.8, 4) is 0 Å². The van der Waals surface area contributed by atoms with Crippen LogP contribution >= 0.6 is 0 Å². The molecule has 2 fully saturated rings. The average Bonchev–Trinajstić information content (AvgIpc) is 2.71. The van der Waals surface area contributed by atoms with Crippen LogP contribution < -0.4 is 5.32 Å². The van der Waals surface area contributed by atoms with Crippen molar-refractivity contribution in [2.45, 2.75) is 51.2 Å². The first-order valence-corrected chi connectivity index (χ1v) is 6.33. The molecule has 2 heterocycles. The van der Waals surface area contributed by atoms with Gasteiger partial charge in [0.1, 0.15) is 0 Å². The van der Waals surface area contributed by atoms with Crippen LogP contribution in [0.2, 0.25) is 0 Å². The van der Waals surface area contributed by atoms with Gasteiger partial charge in [0.2, 0.25) is 0 Å². The Morgan fingerprint density at radius 1 is 1.13 bits per heavy atom. The van der Waals surface area contributed by atoms with E-state index in [9.17, 15) is 0 Å². The summed E-state index contributed by atoms with van der Waals surface area (Å²) in [6, 6.07) is 2.06. The molecular weight excluding hydrogens is 188 g/mol. The molecule has 0 spiro atoms. The van der Waals surface area contributed by atoms with Crippen molar-refractivity contribution in [1.29, 1.82) is 0 Å². The third-order valence-electron chi connectivity index (χ3n) is 3.66. The van der Waals surface area contributed by atoms with Crippen molar-refractivity contribution in [1.82, 2.24) is 10.2 Å². The lowest BCUT2D eigenvalue weighted by Gasteiger charge is -2.35. The highest BCUT2D eigenvalue weighted by Gasteiger charge is 2.24. The second-order valence-corrected chi connectivity index (χ2v) is 5.13. The Balaban J connectivity index is 1.68. The van der Waals surface area contributed by atoms with Crippen molar-refractivity contribution >= 4 is 0 Å². The average molecular weight is 212 g/mol. The fraction of sp³-hybridized carbons (Fsp3) is 1.00. The van der Waals surface area contributed by atoms with E-state index >= 15 is 0 Å². The van der Waals surface area contributed by atoms with E-state index in [1.807, 2.05) is 0 Å². The Morgan fingerprint density at radius 3 is 2.40 bits per heavy atom. The van der Waals surface area contributed by atoms with E-state index in [2.05, 4.69) is 24.1 Å². The zero-order chi connectivity index (χ0) is 10.7. The molecule has 2 rings (SSSR count). The molecule has 0 aromatic heterocycles. The van der Waals surface area contributed by atoms with E-state index < -0.39 is 0 Å². The number of nitrogens with zero attached hydrogens (tertiary/aromatic N) is 1. The van der Waals surface area contributed by atoms with E-state index in [4.69, 9.17) is 4.74 Å². The third kappa shape index (κ3) is 3.16. The first-order valence-electron chi connectivity index (χ1n) is 6.33. The maximum absolute atomic E-state index is 5.39. The molecule has 1 atom stereocenters. The van der Waals surface area contributed by atoms with Gasteiger partial charge in [-0.05, 0) is 46.2 Å². The largest absolute Gasteiger partial charge is 0.380 e. The van der Waals surface area contributed by atoms with Crippen LogP contribution in [-0.2, 0) is 4.74 Å². The first-order chi connectivity index (χ1) is 7.25. The summed E-state index contributed by atoms with van der Waals surface area (Å²) in [7, 11) is 0. The molecule has 0 amide bonds. The molecular formula is C12H24N2O. The van der Waals surface area contributed by atoms with E-state index in [-0.39, 0.29) is 0 Å². The molecule has 0 aromatic carbocycles. The third-order valence-corrected chi connectivity index (χ3v) is 3.66. The lowest BCUT2D eigenvalue weighted by atomic mass is 10.0. The molecule has 1 unspecified atom stereocenters. The van der Waals surface area contributed by atoms with Crippen LogP contribution in [0.1, 0.15) is 33.1 Å². The van der Waals surface area contributed by atoms with E-state index in [1.165, 1.54) is 32.4 Å². The van der Waals surface area contributed by atoms with Crippen molar-refractivity contribution in [2.75, 3.05) is 26.3 Å². The molecule has 2 aliphatic rings. The molecule has 3 nitrogen and oxygen atoms in total. The molecule has 15 heavy (non-hydrogen) atoms. The van der Waals surface area contributed by atoms with Crippen LogP contribution in [0.5, 0.6) is 0 Å². The highest BCUT2D eigenvalue weighted by atomic mass is 16.5. The predicted octanol–water partition coefficient (Wildman–Crippen LogP) is 1.24. The summed E-state index contributed by atoms with van der Waals surface area (Å²) in [5.41, 5.74) is 0. The van der Waals surface area contributed by atoms with E-state index in [0.29, 0.717) is 12.1 Å². The van der Waals surface area contributed by atoms with Crippen molar-refractivity contribution < 1.29 is 4.74 Å². The Morgan fingerprint density at radius 2 is 1.87 bits per heavy atom. The minimum atomic E-state index is 0.626. The SMILES string of the molecule is CC(C)N1CCC(NC2CCOC2)CC1. The van der Waals surface area contributed by atoms with Crippen LogP contribution in [0, 0.1) is 0 Å². The fourth-order valence-corrected chi connectivity index (χ4v) is 2.58. The Kier molecular flexibility index (Phi) is 4.00. The number of rotatable bonds is 3. The topological polar surface area (TPSA) is 24.5 Å². The Labute approximate surface area is 93.2 Å². The lowest BCUT2D eigenvalue weighted by Crippen LogP contribution is -2.48. The summed E-state index contributed by atoms with van der Waals surface area (Å²) in [5, 5.41) is 3.73. The number of hydrogen-bond donors (Lipinski definition) is 1. The number of hydrogen-bond acceptors (Lipinski definition) is 3. The van der Waals surface area contributed by atoms with Crippen LogP contribution in [0.3, 0.4) is 0 Å². The summed E-state index contributed by atoms with van der Waals surface area (Å²) in [6.07, 6.45) is 3.80. The van der Waals surface area contributed by atoms with Gasteiger partial charge in [-0.15, -0.1) is 0 Å². The molecule has 0 aliphatic carbocycles. The Bertz CT molecular complexity index is 182. The summed E-state index contributed by atoms with van der Waals surface area (Å²) < 4.78 is 5.39. The molecule has 3 heteroatoms. The standard InChI is InChI=1S/C12H24N2O/c1-10(2)14-6-3-11(4-7-14)13-12-5-8-15-9-12/h10-13H,3-9H2,1-2H3. The second-order valence-electron chi connectivity index (χ2n) is 5.13. The number of piperidine rings is 1. The summed E-state index contributed by atoms with van der Waals surface area (Å²) in [6.45, 7) is 8.95. The van der Waals surface area contributed by atoms with Gasteiger partial charge >= 0.3 is 0 Å². The molecule has 0 saturated carbocycles. The van der Waals surface area contributed by atoms with Crippen molar-refractivity contribution in [3.63, 3.8) is 0 Å². The highest BCUT2D eigenvalue weighted by Crippen LogP contribution is 2.15. The zero-order valence-electron chi connectivity index (χ0n) is 10.0. The first kappa shape index (κ1) is 11.4. The fourth-order valence-electron chi connectivity index (χ4n) is 2.58. The van der Waals surface area contributed by atoms with Crippen LogP contribution in [0.15, 0.2) is 0 Å². The molecule has 0 radical (unpaired) electrons. The van der Waals surface area contributed by atoms with Gasteiger partial charge in [-0.3, -0.25) is 0 Å². The molecule has 88 valence electrons. The van der Waals surface area contributed by atoms with Gasteiger partial charge in [-0.25, -0.2) is 0 Å². The minimum Gasteiger partial charge on any atom is -0.380 e. The molecule has 2 aliphatic heterocycles. The van der Waals surface area contributed by atoms with Gasteiger partial charge in [0, 0.05) is 24.7 Å². The quantitative estimate of drug-likeness (QED) is 0.762. The smallest absolute Gasteiger partial charge is 0.0620 e. The van der Waals surface area contributed by atoms with Gasteiger partial charge in [0.15, 0.2) is 0 Å². The number of likely N-dealkylation sites (tertiary alicyclic amines) is 1. The van der Waals surface area contributed by atoms with Crippen LogP contribution in [0.25, 0.3) is 0 Å². The molecule has 0 bridgehead atoms. The lowest BCUT2D eigenvalue weighted by molar-refractivity contribution is 0.150. The van der Waals surface area contributed by atoms with Gasteiger partial charge in [-0.1, -0.05) is 0 Å². The predicted molar refractivity (Wildman–Crippen MR) is 62.1 cm³/mol. The van der Waals surface area contributed by atoms with Crippen molar-refractivity contribution in [2.24, 2.45) is 0 Å². The monoisotopic (exact) mass is 212 g/mol. The van der Waals surface area contributed by atoms with Gasteiger partial charge < -0.3 is 15.0 Å². The van der Waals surface area contributed by atoms with E-state index in [0.717, 1.165) is 19.3 Å². The number of ether oxygens (including phenoxy) is 1. The summed E-state index contributed by atoms with van der Waals surface area (Å²) >= 11 is 0. The van der Waals surface area contributed by atoms with Crippen molar-refractivity contribution in [3.05, 3.63) is 0 Å². The normalized spacial score (nSPS) is 30.2. The molecule has 2 saturated heterocycles.